The Kier molecular flexibility index (Phi) is 2.88. The third kappa shape index (κ3) is 2.38. The fourth-order valence-corrected chi connectivity index (χ4v) is 2.42. The molecule has 0 bridgehead atoms. The molecule has 2 heterocycles. The summed E-state index contributed by atoms with van der Waals surface area (Å²) in [7, 11) is 0. The van der Waals surface area contributed by atoms with Crippen LogP contribution in [0.2, 0.25) is 0 Å². The minimum atomic E-state index is 0.589. The summed E-state index contributed by atoms with van der Waals surface area (Å²) >= 11 is 0. The van der Waals surface area contributed by atoms with Crippen LogP contribution in [0, 0.1) is 0 Å². The lowest BCUT2D eigenvalue weighted by atomic mass is 10.2. The first-order valence-electron chi connectivity index (χ1n) is 6.96. The first-order valence-corrected chi connectivity index (χ1v) is 6.96. The Morgan fingerprint density at radius 1 is 1.05 bits per heavy atom. The number of hydrogen-bond donors (Lipinski definition) is 2. The van der Waals surface area contributed by atoms with Crippen molar-refractivity contribution in [1.29, 1.82) is 0 Å². The van der Waals surface area contributed by atoms with E-state index >= 15 is 0 Å². The lowest BCUT2D eigenvalue weighted by Crippen LogP contribution is -2.15. The van der Waals surface area contributed by atoms with Crippen molar-refractivity contribution in [3.05, 3.63) is 48.3 Å². The van der Waals surface area contributed by atoms with Gasteiger partial charge in [0.2, 0.25) is 0 Å². The second-order valence-corrected chi connectivity index (χ2v) is 4.92. The van der Waals surface area contributed by atoms with Crippen molar-refractivity contribution in [3.63, 3.8) is 0 Å². The zero-order chi connectivity index (χ0) is 14.1. The van der Waals surface area contributed by atoms with Gasteiger partial charge >= 0.3 is 0 Å². The van der Waals surface area contributed by atoms with Crippen molar-refractivity contribution in [3.8, 4) is 11.5 Å². The third-order valence-corrected chi connectivity index (χ3v) is 3.43. The quantitative estimate of drug-likeness (QED) is 0.775. The van der Waals surface area contributed by atoms with Crippen LogP contribution < -0.4 is 14.8 Å². The summed E-state index contributed by atoms with van der Waals surface area (Å²) in [5, 5.41) is 3.34. The number of benzene rings is 2. The molecule has 5 nitrogen and oxygen atoms in total. The number of ether oxygens (including phenoxy) is 2. The van der Waals surface area contributed by atoms with Crippen LogP contribution in [0.4, 0.5) is 5.69 Å². The molecule has 5 heteroatoms. The molecule has 0 atom stereocenters. The number of aromatic nitrogens is 2. The average molecular weight is 281 g/mol. The second-order valence-electron chi connectivity index (χ2n) is 4.92. The van der Waals surface area contributed by atoms with E-state index < -0.39 is 0 Å². The lowest BCUT2D eigenvalue weighted by molar-refractivity contribution is 0.172. The van der Waals surface area contributed by atoms with Gasteiger partial charge in [0, 0.05) is 17.8 Å². The maximum Gasteiger partial charge on any atom is 0.163 e. The van der Waals surface area contributed by atoms with Crippen molar-refractivity contribution in [2.45, 2.75) is 6.54 Å². The third-order valence-electron chi connectivity index (χ3n) is 3.43. The summed E-state index contributed by atoms with van der Waals surface area (Å²) in [4.78, 5) is 7.89. The summed E-state index contributed by atoms with van der Waals surface area (Å²) in [6.07, 6.45) is 0. The van der Waals surface area contributed by atoms with Crippen LogP contribution in [0.1, 0.15) is 5.82 Å². The van der Waals surface area contributed by atoms with Crippen LogP contribution in [0.3, 0.4) is 0 Å². The molecule has 2 N–H and O–H groups in total. The maximum absolute atomic E-state index is 5.58. The van der Waals surface area contributed by atoms with E-state index in [1.807, 2.05) is 42.5 Å². The summed E-state index contributed by atoms with van der Waals surface area (Å²) < 4.78 is 11.2. The molecular formula is C16H15N3O2. The standard InChI is InChI=1S/C16H15N3O2/c1-2-4-11(5-3-1)17-10-16-18-12-8-14-15(9-13(12)19-16)21-7-6-20-14/h1-5,8-9,17H,6-7,10H2,(H,18,19). The second kappa shape index (κ2) is 5.01. The molecule has 0 aliphatic carbocycles. The largest absolute Gasteiger partial charge is 0.486 e. The molecular weight excluding hydrogens is 266 g/mol. The van der Waals surface area contributed by atoms with E-state index in [-0.39, 0.29) is 0 Å². The molecule has 1 aliphatic heterocycles. The predicted octanol–water partition coefficient (Wildman–Crippen LogP) is 2.95. The highest BCUT2D eigenvalue weighted by Crippen LogP contribution is 2.33. The Bertz CT molecular complexity index is 725. The van der Waals surface area contributed by atoms with E-state index in [4.69, 9.17) is 9.47 Å². The average Bonchev–Trinajstić information content (AvgIpc) is 2.93. The number of H-pyrrole nitrogens is 1. The minimum Gasteiger partial charge on any atom is -0.486 e. The van der Waals surface area contributed by atoms with Crippen LogP contribution in [-0.4, -0.2) is 23.2 Å². The van der Waals surface area contributed by atoms with E-state index in [1.165, 1.54) is 0 Å². The van der Waals surface area contributed by atoms with Gasteiger partial charge in [-0.15, -0.1) is 0 Å². The van der Waals surface area contributed by atoms with Gasteiger partial charge in [0.1, 0.15) is 19.0 Å². The Labute approximate surface area is 121 Å². The number of nitrogens with zero attached hydrogens (tertiary/aromatic N) is 1. The fraction of sp³-hybridized carbons (Fsp3) is 0.188. The van der Waals surface area contributed by atoms with Gasteiger partial charge in [0.25, 0.3) is 0 Å². The molecule has 0 amide bonds. The van der Waals surface area contributed by atoms with E-state index in [0.29, 0.717) is 19.8 Å². The molecule has 0 saturated carbocycles. The number of hydrogen-bond acceptors (Lipinski definition) is 4. The smallest absolute Gasteiger partial charge is 0.163 e. The van der Waals surface area contributed by atoms with Crippen molar-refractivity contribution >= 4 is 16.7 Å². The maximum atomic E-state index is 5.58. The highest BCUT2D eigenvalue weighted by Gasteiger charge is 2.14. The first-order chi connectivity index (χ1) is 10.4. The molecule has 0 radical (unpaired) electrons. The Morgan fingerprint density at radius 3 is 2.62 bits per heavy atom. The molecule has 1 aliphatic rings. The molecule has 2 aromatic carbocycles. The zero-order valence-corrected chi connectivity index (χ0v) is 11.4. The Hall–Kier alpha value is -2.69. The van der Waals surface area contributed by atoms with Gasteiger partial charge in [-0.05, 0) is 12.1 Å². The highest BCUT2D eigenvalue weighted by atomic mass is 16.6. The van der Waals surface area contributed by atoms with Crippen LogP contribution in [0.25, 0.3) is 11.0 Å². The van der Waals surface area contributed by atoms with Crippen LogP contribution in [0.15, 0.2) is 42.5 Å². The Morgan fingerprint density at radius 2 is 1.81 bits per heavy atom. The van der Waals surface area contributed by atoms with Gasteiger partial charge in [0.15, 0.2) is 11.5 Å². The first kappa shape index (κ1) is 12.1. The van der Waals surface area contributed by atoms with Crippen LogP contribution in [-0.2, 0) is 6.54 Å². The van der Waals surface area contributed by atoms with E-state index in [1.54, 1.807) is 0 Å². The van der Waals surface area contributed by atoms with Gasteiger partial charge < -0.3 is 19.8 Å². The van der Waals surface area contributed by atoms with Gasteiger partial charge in [-0.2, -0.15) is 0 Å². The van der Waals surface area contributed by atoms with Gasteiger partial charge in [0.05, 0.1) is 17.6 Å². The van der Waals surface area contributed by atoms with Crippen molar-refractivity contribution in [2.24, 2.45) is 0 Å². The van der Waals surface area contributed by atoms with E-state index in [2.05, 4.69) is 15.3 Å². The number of imidazole rings is 1. The monoisotopic (exact) mass is 281 g/mol. The molecule has 0 unspecified atom stereocenters. The number of nitrogens with one attached hydrogen (secondary N) is 2. The molecule has 1 aromatic heterocycles. The molecule has 0 spiro atoms. The summed E-state index contributed by atoms with van der Waals surface area (Å²) in [6, 6.07) is 13.9. The van der Waals surface area contributed by atoms with E-state index in [0.717, 1.165) is 34.0 Å². The van der Waals surface area contributed by atoms with E-state index in [9.17, 15) is 0 Å². The highest BCUT2D eigenvalue weighted by molar-refractivity contribution is 5.80. The molecule has 0 fully saturated rings. The minimum absolute atomic E-state index is 0.589. The predicted molar refractivity (Wildman–Crippen MR) is 80.9 cm³/mol. The van der Waals surface area contributed by atoms with Crippen molar-refractivity contribution in [1.82, 2.24) is 9.97 Å². The van der Waals surface area contributed by atoms with Crippen LogP contribution in [0.5, 0.6) is 11.5 Å². The molecule has 4 rings (SSSR count). The number of para-hydroxylation sites is 1. The topological polar surface area (TPSA) is 59.2 Å². The zero-order valence-electron chi connectivity index (χ0n) is 11.4. The molecule has 3 aromatic rings. The normalized spacial score (nSPS) is 13.3. The van der Waals surface area contributed by atoms with Crippen molar-refractivity contribution < 1.29 is 9.47 Å². The number of rotatable bonds is 3. The fourth-order valence-electron chi connectivity index (χ4n) is 2.42. The lowest BCUT2D eigenvalue weighted by Gasteiger charge is -2.17. The van der Waals surface area contributed by atoms with Gasteiger partial charge in [-0.3, -0.25) is 0 Å². The number of aromatic amines is 1. The molecule has 21 heavy (non-hydrogen) atoms. The Balaban J connectivity index is 1.59. The van der Waals surface area contributed by atoms with Gasteiger partial charge in [-0.25, -0.2) is 4.98 Å². The van der Waals surface area contributed by atoms with Gasteiger partial charge in [-0.1, -0.05) is 18.2 Å². The van der Waals surface area contributed by atoms with Crippen molar-refractivity contribution in [2.75, 3.05) is 18.5 Å². The number of fused-ring (bicyclic) bond motifs is 2. The number of anilines is 1. The SMILES string of the molecule is c1ccc(NCc2nc3cc4c(cc3[nH]2)OCCO4)cc1. The summed E-state index contributed by atoms with van der Waals surface area (Å²) in [6.45, 7) is 1.82. The molecule has 106 valence electrons. The summed E-state index contributed by atoms with van der Waals surface area (Å²) in [5.74, 6) is 2.43. The van der Waals surface area contributed by atoms with Crippen LogP contribution >= 0.6 is 0 Å². The molecule has 0 saturated heterocycles. The summed E-state index contributed by atoms with van der Waals surface area (Å²) in [5.41, 5.74) is 2.93.